The van der Waals surface area contributed by atoms with Crippen LogP contribution in [0.2, 0.25) is 0 Å². The second-order valence-electron chi connectivity index (χ2n) is 16.6. The van der Waals surface area contributed by atoms with Crippen molar-refractivity contribution in [2.45, 2.75) is 52.4 Å². The van der Waals surface area contributed by atoms with Crippen LogP contribution in [0, 0.1) is 0 Å². The molecule has 10 aromatic rings. The predicted molar refractivity (Wildman–Crippen MR) is 225 cm³/mol. The number of pyridine rings is 1. The molecule has 0 aliphatic carbocycles. The summed E-state index contributed by atoms with van der Waals surface area (Å²) in [5.74, 6) is 1.80. The third-order valence-electron chi connectivity index (χ3n) is 11.2. The Morgan fingerprint density at radius 1 is 0.340 bits per heavy atom. The van der Waals surface area contributed by atoms with Crippen molar-refractivity contribution in [3.63, 3.8) is 0 Å². The number of aromatic nitrogens is 4. The number of hydrogen-bond acceptors (Lipinski definition) is 1. The van der Waals surface area contributed by atoms with Crippen LogP contribution in [0.25, 0.3) is 82.7 Å². The molecule has 10 rings (SSSR count). The third-order valence-corrected chi connectivity index (χ3v) is 11.2. The van der Waals surface area contributed by atoms with Gasteiger partial charge in [0, 0.05) is 38.0 Å². The van der Waals surface area contributed by atoms with Gasteiger partial charge >= 0.3 is 0 Å². The summed E-state index contributed by atoms with van der Waals surface area (Å²) in [7, 11) is 0. The standard InChI is InChI=1S/C49H42N4/c1-48(2,3)31-22-25-43-37(28-31)38-29-32(49(4,5)6)23-26-44(38)53(43)47-21-13-20-46(50-47)52-42-19-12-9-16-36(42)39-30-33(24-27-45(39)52)51-40-17-10-7-14-34(40)35-15-8-11-18-41(35)51/h7-30H,1-6H3. The van der Waals surface area contributed by atoms with Crippen LogP contribution in [0.1, 0.15) is 52.7 Å². The molecule has 258 valence electrons. The molecule has 4 heteroatoms. The Kier molecular flexibility index (Phi) is 6.67. The number of benzene rings is 6. The number of para-hydroxylation sites is 3. The topological polar surface area (TPSA) is 27.7 Å². The minimum atomic E-state index is 0.0420. The molecule has 4 aromatic heterocycles. The average Bonchev–Trinajstić information content (AvgIpc) is 3.79. The van der Waals surface area contributed by atoms with Gasteiger partial charge in [-0.2, -0.15) is 0 Å². The van der Waals surface area contributed by atoms with Crippen molar-refractivity contribution < 1.29 is 0 Å². The SMILES string of the molecule is CC(C)(C)c1ccc2c(c1)c1cc(C(C)(C)C)ccc1n2-c1cccc(-n2c3ccccc3c3cc(-n4c5ccccc5c5ccccc54)ccc32)n1. The van der Waals surface area contributed by atoms with E-state index in [9.17, 15) is 0 Å². The molecule has 4 nitrogen and oxygen atoms in total. The van der Waals surface area contributed by atoms with Gasteiger partial charge in [-0.15, -0.1) is 0 Å². The molecule has 0 saturated heterocycles. The van der Waals surface area contributed by atoms with Crippen molar-refractivity contribution in [2.24, 2.45) is 0 Å². The van der Waals surface area contributed by atoms with E-state index < -0.39 is 0 Å². The zero-order chi connectivity index (χ0) is 36.2. The van der Waals surface area contributed by atoms with Crippen molar-refractivity contribution in [3.8, 4) is 17.3 Å². The van der Waals surface area contributed by atoms with Crippen LogP contribution in [0.15, 0.2) is 146 Å². The lowest BCUT2D eigenvalue weighted by atomic mass is 9.85. The molecule has 53 heavy (non-hydrogen) atoms. The van der Waals surface area contributed by atoms with E-state index in [1.54, 1.807) is 0 Å². The lowest BCUT2D eigenvalue weighted by molar-refractivity contribution is 0.590. The molecule has 0 atom stereocenters. The molecule has 0 N–H and O–H groups in total. The summed E-state index contributed by atoms with van der Waals surface area (Å²) in [6.45, 7) is 13.7. The molecule has 0 bridgehead atoms. The van der Waals surface area contributed by atoms with Gasteiger partial charge in [-0.05, 0) is 94.8 Å². The van der Waals surface area contributed by atoms with Crippen molar-refractivity contribution in [2.75, 3.05) is 0 Å². The van der Waals surface area contributed by atoms with E-state index in [-0.39, 0.29) is 10.8 Å². The van der Waals surface area contributed by atoms with Gasteiger partial charge in [-0.3, -0.25) is 9.13 Å². The fourth-order valence-electron chi connectivity index (χ4n) is 8.41. The molecule has 0 aliphatic rings. The molecular weight excluding hydrogens is 645 g/mol. The summed E-state index contributed by atoms with van der Waals surface area (Å²) >= 11 is 0. The third kappa shape index (κ3) is 4.78. The predicted octanol–water partition coefficient (Wildman–Crippen LogP) is 13.0. The van der Waals surface area contributed by atoms with Gasteiger partial charge in [0.05, 0.1) is 33.1 Å². The van der Waals surface area contributed by atoms with Crippen LogP contribution < -0.4 is 0 Å². The maximum Gasteiger partial charge on any atom is 0.140 e. The number of rotatable bonds is 3. The van der Waals surface area contributed by atoms with Crippen LogP contribution in [0.4, 0.5) is 0 Å². The summed E-state index contributed by atoms with van der Waals surface area (Å²) in [5, 5.41) is 7.47. The van der Waals surface area contributed by atoms with E-state index in [1.807, 2.05) is 0 Å². The monoisotopic (exact) mass is 686 g/mol. The lowest BCUT2D eigenvalue weighted by Crippen LogP contribution is -2.10. The average molecular weight is 687 g/mol. The lowest BCUT2D eigenvalue weighted by Gasteiger charge is -2.19. The van der Waals surface area contributed by atoms with Gasteiger partial charge in [-0.1, -0.05) is 114 Å². The molecule has 0 unspecified atom stereocenters. The maximum absolute atomic E-state index is 5.48. The first-order valence-electron chi connectivity index (χ1n) is 18.6. The molecule has 0 radical (unpaired) electrons. The summed E-state index contributed by atoms with van der Waals surface area (Å²) in [6.07, 6.45) is 0. The molecule has 0 aliphatic heterocycles. The fraction of sp³-hybridized carbons (Fsp3) is 0.163. The first kappa shape index (κ1) is 31.6. The van der Waals surface area contributed by atoms with Crippen LogP contribution >= 0.6 is 0 Å². The van der Waals surface area contributed by atoms with Crippen molar-refractivity contribution in [1.29, 1.82) is 0 Å². The zero-order valence-corrected chi connectivity index (χ0v) is 31.1. The van der Waals surface area contributed by atoms with Crippen LogP contribution in [0.3, 0.4) is 0 Å². The molecular formula is C49H42N4. The number of fused-ring (bicyclic) bond motifs is 9. The Hall–Kier alpha value is -6.13. The maximum atomic E-state index is 5.48. The zero-order valence-electron chi connectivity index (χ0n) is 31.1. The highest BCUT2D eigenvalue weighted by molar-refractivity contribution is 6.12. The first-order valence-corrected chi connectivity index (χ1v) is 18.6. The number of hydrogen-bond donors (Lipinski definition) is 0. The Morgan fingerprint density at radius 2 is 0.717 bits per heavy atom. The largest absolute Gasteiger partial charge is 0.309 e. The fourth-order valence-corrected chi connectivity index (χ4v) is 8.41. The smallest absolute Gasteiger partial charge is 0.140 e. The molecule has 4 heterocycles. The second-order valence-corrected chi connectivity index (χ2v) is 16.6. The Morgan fingerprint density at radius 3 is 1.19 bits per heavy atom. The van der Waals surface area contributed by atoms with Gasteiger partial charge in [0.15, 0.2) is 0 Å². The number of nitrogens with zero attached hydrogens (tertiary/aromatic N) is 4. The quantitative estimate of drug-likeness (QED) is 0.182. The summed E-state index contributed by atoms with van der Waals surface area (Å²) in [4.78, 5) is 5.48. The van der Waals surface area contributed by atoms with E-state index in [0.29, 0.717) is 0 Å². The van der Waals surface area contributed by atoms with Crippen LogP contribution in [-0.2, 0) is 10.8 Å². The van der Waals surface area contributed by atoms with Gasteiger partial charge < -0.3 is 4.57 Å². The first-order chi connectivity index (χ1) is 25.6. The summed E-state index contributed by atoms with van der Waals surface area (Å²) in [5.41, 5.74) is 10.9. The molecule has 0 saturated carbocycles. The molecule has 0 spiro atoms. The minimum absolute atomic E-state index is 0.0420. The Labute approximate surface area is 309 Å². The molecule has 6 aromatic carbocycles. The second kappa shape index (κ2) is 11.2. The highest BCUT2D eigenvalue weighted by atomic mass is 15.1. The van der Waals surface area contributed by atoms with E-state index >= 15 is 0 Å². The van der Waals surface area contributed by atoms with Crippen molar-refractivity contribution in [1.82, 2.24) is 18.7 Å². The highest BCUT2D eigenvalue weighted by Crippen LogP contribution is 2.39. The van der Waals surface area contributed by atoms with Crippen LogP contribution in [-0.4, -0.2) is 18.7 Å². The van der Waals surface area contributed by atoms with E-state index in [0.717, 1.165) is 28.4 Å². The Balaban J connectivity index is 1.19. The van der Waals surface area contributed by atoms with Crippen molar-refractivity contribution in [3.05, 3.63) is 157 Å². The summed E-state index contributed by atoms with van der Waals surface area (Å²) in [6, 6.07) is 53.4. The van der Waals surface area contributed by atoms with Gasteiger partial charge in [0.1, 0.15) is 11.6 Å². The molecule has 0 fully saturated rings. The van der Waals surface area contributed by atoms with E-state index in [4.69, 9.17) is 4.98 Å². The van der Waals surface area contributed by atoms with Crippen LogP contribution in [0.5, 0.6) is 0 Å². The highest BCUT2D eigenvalue weighted by Gasteiger charge is 2.22. The normalized spacial score (nSPS) is 12.7. The van der Waals surface area contributed by atoms with Gasteiger partial charge in [0.2, 0.25) is 0 Å². The van der Waals surface area contributed by atoms with Gasteiger partial charge in [0.25, 0.3) is 0 Å². The van der Waals surface area contributed by atoms with Crippen molar-refractivity contribution >= 4 is 65.4 Å². The van der Waals surface area contributed by atoms with E-state index in [1.165, 1.54) is 65.5 Å². The van der Waals surface area contributed by atoms with E-state index in [2.05, 4.69) is 201 Å². The molecule has 0 amide bonds. The van der Waals surface area contributed by atoms with Gasteiger partial charge in [-0.25, -0.2) is 4.98 Å². The Bertz CT molecular complexity index is 2960. The summed E-state index contributed by atoms with van der Waals surface area (Å²) < 4.78 is 7.07. The minimum Gasteiger partial charge on any atom is -0.309 e.